The molecular weight excluding hydrogens is 252 g/mol. The van der Waals surface area contributed by atoms with E-state index in [0.29, 0.717) is 12.3 Å². The van der Waals surface area contributed by atoms with E-state index >= 15 is 0 Å². The summed E-state index contributed by atoms with van der Waals surface area (Å²) in [7, 11) is 0. The number of fused-ring (bicyclic) bond motifs is 1. The molecule has 0 unspecified atom stereocenters. The maximum atomic E-state index is 11.7. The number of carbonyl (C=O) groups is 1. The zero-order valence-corrected chi connectivity index (χ0v) is 11.6. The van der Waals surface area contributed by atoms with Gasteiger partial charge in [0, 0.05) is 24.2 Å². The third-order valence-electron chi connectivity index (χ3n) is 3.64. The third kappa shape index (κ3) is 2.33. The van der Waals surface area contributed by atoms with E-state index in [1.807, 2.05) is 18.2 Å². The number of ether oxygens (including phenoxy) is 1. The molecule has 1 aromatic carbocycles. The Morgan fingerprint density at radius 3 is 2.80 bits per heavy atom. The van der Waals surface area contributed by atoms with Gasteiger partial charge in [-0.15, -0.1) is 0 Å². The quantitative estimate of drug-likeness (QED) is 0.804. The van der Waals surface area contributed by atoms with Gasteiger partial charge in [0.15, 0.2) is 0 Å². The second-order valence-electron chi connectivity index (χ2n) is 4.95. The topological polar surface area (TPSA) is 42.4 Å². The number of aromatic nitrogens is 1. The lowest BCUT2D eigenvalue weighted by Gasteiger charge is -2.19. The van der Waals surface area contributed by atoms with Gasteiger partial charge in [-0.2, -0.15) is 0 Å². The second kappa shape index (κ2) is 5.49. The van der Waals surface area contributed by atoms with Gasteiger partial charge >= 0.3 is 5.97 Å². The number of hydrogen-bond acceptors (Lipinski definition) is 4. The van der Waals surface area contributed by atoms with E-state index in [-0.39, 0.29) is 5.97 Å². The van der Waals surface area contributed by atoms with Crippen LogP contribution in [0.3, 0.4) is 0 Å². The first-order valence-electron chi connectivity index (χ1n) is 7.11. The SMILES string of the molecule is CCOC(=O)c1ccc2c(N3CCCC3)cccc2n1. The molecule has 3 rings (SSSR count). The Bertz CT molecular complexity index is 633. The van der Waals surface area contributed by atoms with Crippen LogP contribution in [0.4, 0.5) is 5.69 Å². The Hall–Kier alpha value is -2.10. The molecule has 1 aliphatic heterocycles. The largest absolute Gasteiger partial charge is 0.461 e. The molecule has 4 heteroatoms. The lowest BCUT2D eigenvalue weighted by atomic mass is 10.1. The summed E-state index contributed by atoms with van der Waals surface area (Å²) < 4.78 is 5.00. The summed E-state index contributed by atoms with van der Waals surface area (Å²) >= 11 is 0. The van der Waals surface area contributed by atoms with Gasteiger partial charge in [0.1, 0.15) is 5.69 Å². The highest BCUT2D eigenvalue weighted by Gasteiger charge is 2.16. The number of nitrogens with zero attached hydrogens (tertiary/aromatic N) is 2. The molecule has 0 N–H and O–H groups in total. The van der Waals surface area contributed by atoms with Crippen LogP contribution in [0.1, 0.15) is 30.3 Å². The zero-order chi connectivity index (χ0) is 13.9. The normalized spacial score (nSPS) is 14.8. The van der Waals surface area contributed by atoms with Gasteiger partial charge in [0.2, 0.25) is 0 Å². The van der Waals surface area contributed by atoms with Gasteiger partial charge in [-0.25, -0.2) is 9.78 Å². The Morgan fingerprint density at radius 1 is 1.25 bits per heavy atom. The Balaban J connectivity index is 2.01. The molecule has 1 aliphatic rings. The summed E-state index contributed by atoms with van der Waals surface area (Å²) in [4.78, 5) is 18.5. The first-order valence-corrected chi connectivity index (χ1v) is 7.11. The number of anilines is 1. The van der Waals surface area contributed by atoms with E-state index in [1.165, 1.54) is 18.5 Å². The van der Waals surface area contributed by atoms with Gasteiger partial charge in [0.05, 0.1) is 12.1 Å². The summed E-state index contributed by atoms with van der Waals surface area (Å²) in [6, 6.07) is 9.79. The Labute approximate surface area is 118 Å². The molecule has 104 valence electrons. The van der Waals surface area contributed by atoms with Crippen molar-refractivity contribution in [3.8, 4) is 0 Å². The summed E-state index contributed by atoms with van der Waals surface area (Å²) in [5.41, 5.74) is 2.43. The van der Waals surface area contributed by atoms with Crippen molar-refractivity contribution in [2.45, 2.75) is 19.8 Å². The molecule has 0 saturated carbocycles. The molecule has 2 aromatic rings. The molecule has 0 bridgehead atoms. The highest BCUT2D eigenvalue weighted by molar-refractivity contribution is 5.96. The lowest BCUT2D eigenvalue weighted by molar-refractivity contribution is 0.0520. The fraction of sp³-hybridized carbons (Fsp3) is 0.375. The Morgan fingerprint density at radius 2 is 2.05 bits per heavy atom. The summed E-state index contributed by atoms with van der Waals surface area (Å²) in [6.07, 6.45) is 2.48. The van der Waals surface area contributed by atoms with Crippen molar-refractivity contribution in [2.24, 2.45) is 0 Å². The molecule has 0 atom stereocenters. The van der Waals surface area contributed by atoms with E-state index < -0.39 is 0 Å². The van der Waals surface area contributed by atoms with Crippen molar-refractivity contribution in [1.29, 1.82) is 0 Å². The first kappa shape index (κ1) is 12.9. The highest BCUT2D eigenvalue weighted by atomic mass is 16.5. The number of carbonyl (C=O) groups excluding carboxylic acids is 1. The minimum atomic E-state index is -0.360. The summed E-state index contributed by atoms with van der Waals surface area (Å²) in [5.74, 6) is -0.360. The van der Waals surface area contributed by atoms with E-state index in [9.17, 15) is 4.79 Å². The first-order chi connectivity index (χ1) is 9.79. The predicted molar refractivity (Wildman–Crippen MR) is 79.1 cm³/mol. The van der Waals surface area contributed by atoms with Crippen molar-refractivity contribution in [3.05, 3.63) is 36.0 Å². The molecule has 1 saturated heterocycles. The van der Waals surface area contributed by atoms with Crippen LogP contribution in [0.2, 0.25) is 0 Å². The Kier molecular flexibility index (Phi) is 3.54. The third-order valence-corrected chi connectivity index (χ3v) is 3.64. The van der Waals surface area contributed by atoms with Crippen LogP contribution in [0.5, 0.6) is 0 Å². The average molecular weight is 270 g/mol. The van der Waals surface area contributed by atoms with E-state index in [1.54, 1.807) is 13.0 Å². The number of esters is 1. The zero-order valence-electron chi connectivity index (χ0n) is 11.6. The molecule has 1 fully saturated rings. The highest BCUT2D eigenvalue weighted by Crippen LogP contribution is 2.28. The number of pyridine rings is 1. The smallest absolute Gasteiger partial charge is 0.356 e. The van der Waals surface area contributed by atoms with Crippen LogP contribution in [0.25, 0.3) is 10.9 Å². The fourth-order valence-corrected chi connectivity index (χ4v) is 2.69. The van der Waals surface area contributed by atoms with Crippen LogP contribution in [-0.4, -0.2) is 30.6 Å². The molecule has 1 aromatic heterocycles. The van der Waals surface area contributed by atoms with E-state index in [4.69, 9.17) is 4.74 Å². The van der Waals surface area contributed by atoms with Gasteiger partial charge in [0.25, 0.3) is 0 Å². The van der Waals surface area contributed by atoms with Crippen LogP contribution in [-0.2, 0) is 4.74 Å². The monoisotopic (exact) mass is 270 g/mol. The molecule has 0 spiro atoms. The van der Waals surface area contributed by atoms with Gasteiger partial charge in [-0.1, -0.05) is 6.07 Å². The van der Waals surface area contributed by atoms with Crippen molar-refractivity contribution in [1.82, 2.24) is 4.98 Å². The summed E-state index contributed by atoms with van der Waals surface area (Å²) in [5, 5.41) is 1.10. The van der Waals surface area contributed by atoms with Gasteiger partial charge < -0.3 is 9.64 Å². The van der Waals surface area contributed by atoms with Crippen molar-refractivity contribution < 1.29 is 9.53 Å². The molecular formula is C16H18N2O2. The average Bonchev–Trinajstić information content (AvgIpc) is 3.00. The van der Waals surface area contributed by atoms with Crippen molar-refractivity contribution >= 4 is 22.6 Å². The lowest BCUT2D eigenvalue weighted by Crippen LogP contribution is -2.18. The summed E-state index contributed by atoms with van der Waals surface area (Å²) in [6.45, 7) is 4.36. The van der Waals surface area contributed by atoms with Crippen molar-refractivity contribution in [3.63, 3.8) is 0 Å². The van der Waals surface area contributed by atoms with E-state index in [0.717, 1.165) is 24.0 Å². The fourth-order valence-electron chi connectivity index (χ4n) is 2.69. The molecule has 0 amide bonds. The van der Waals surface area contributed by atoms with Crippen LogP contribution >= 0.6 is 0 Å². The second-order valence-corrected chi connectivity index (χ2v) is 4.95. The maximum absolute atomic E-state index is 11.7. The predicted octanol–water partition coefficient (Wildman–Crippen LogP) is 3.01. The standard InChI is InChI=1S/C16H18N2O2/c1-2-20-16(19)14-9-8-12-13(17-14)6-5-7-15(12)18-10-3-4-11-18/h5-9H,2-4,10-11H2,1H3. The van der Waals surface area contributed by atoms with Crippen molar-refractivity contribution in [2.75, 3.05) is 24.6 Å². The van der Waals surface area contributed by atoms with Gasteiger partial charge in [-0.05, 0) is 44.0 Å². The van der Waals surface area contributed by atoms with Gasteiger partial charge in [-0.3, -0.25) is 0 Å². The van der Waals surface area contributed by atoms with E-state index in [2.05, 4.69) is 16.0 Å². The number of benzene rings is 1. The molecule has 2 heterocycles. The molecule has 4 nitrogen and oxygen atoms in total. The molecule has 0 radical (unpaired) electrons. The molecule has 20 heavy (non-hydrogen) atoms. The molecule has 0 aliphatic carbocycles. The van der Waals surface area contributed by atoms with Crippen LogP contribution in [0, 0.1) is 0 Å². The van der Waals surface area contributed by atoms with Crippen LogP contribution < -0.4 is 4.90 Å². The van der Waals surface area contributed by atoms with Crippen LogP contribution in [0.15, 0.2) is 30.3 Å². The number of rotatable bonds is 3. The maximum Gasteiger partial charge on any atom is 0.356 e. The minimum absolute atomic E-state index is 0.360. The minimum Gasteiger partial charge on any atom is -0.461 e. The number of hydrogen-bond donors (Lipinski definition) is 0.